The predicted octanol–water partition coefficient (Wildman–Crippen LogP) is 2.51. The third-order valence-electron chi connectivity index (χ3n) is 0.876. The van der Waals surface area contributed by atoms with E-state index in [0.29, 0.717) is 0 Å². The highest BCUT2D eigenvalue weighted by atomic mass is 33.1. The standard InChI is InChI=1S/C4H6S4/c1-3(5-1)7-8-4-2-6-4/h3-4H,1-2H2. The van der Waals surface area contributed by atoms with Crippen LogP contribution in [0.3, 0.4) is 0 Å². The molecule has 0 radical (unpaired) electrons. The van der Waals surface area contributed by atoms with Crippen LogP contribution in [0.1, 0.15) is 0 Å². The fourth-order valence-corrected chi connectivity index (χ4v) is 5.64. The van der Waals surface area contributed by atoms with Gasteiger partial charge in [-0.15, -0.1) is 23.5 Å². The van der Waals surface area contributed by atoms with E-state index >= 15 is 0 Å². The van der Waals surface area contributed by atoms with Crippen molar-refractivity contribution in [3.63, 3.8) is 0 Å². The van der Waals surface area contributed by atoms with E-state index in [0.717, 1.165) is 9.16 Å². The zero-order valence-electron chi connectivity index (χ0n) is 4.20. The van der Waals surface area contributed by atoms with Gasteiger partial charge in [-0.1, -0.05) is 21.6 Å². The summed E-state index contributed by atoms with van der Waals surface area (Å²) in [4.78, 5) is 0. The quantitative estimate of drug-likeness (QED) is 0.485. The van der Waals surface area contributed by atoms with Gasteiger partial charge in [0.1, 0.15) is 0 Å². The van der Waals surface area contributed by atoms with Crippen LogP contribution >= 0.6 is 45.1 Å². The Balaban J connectivity index is 1.56. The summed E-state index contributed by atoms with van der Waals surface area (Å²) in [5, 5.41) is 0. The summed E-state index contributed by atoms with van der Waals surface area (Å²) in [6.45, 7) is 0. The first kappa shape index (κ1) is 6.13. The highest BCUT2D eigenvalue weighted by Crippen LogP contribution is 2.53. The molecule has 2 aliphatic heterocycles. The zero-order chi connectivity index (χ0) is 5.40. The minimum Gasteiger partial charge on any atom is -0.144 e. The second-order valence-corrected chi connectivity index (χ2v) is 7.46. The van der Waals surface area contributed by atoms with E-state index in [2.05, 4.69) is 45.1 Å². The fraction of sp³-hybridized carbons (Fsp3) is 1.00. The lowest BCUT2D eigenvalue weighted by molar-refractivity contribution is 1.63. The van der Waals surface area contributed by atoms with Gasteiger partial charge in [-0.25, -0.2) is 0 Å². The van der Waals surface area contributed by atoms with Crippen LogP contribution in [0.25, 0.3) is 0 Å². The molecule has 46 valence electrons. The lowest BCUT2D eigenvalue weighted by Crippen LogP contribution is -1.69. The number of hydrogen-bond donors (Lipinski definition) is 0. The van der Waals surface area contributed by atoms with Crippen molar-refractivity contribution in [2.45, 2.75) is 9.16 Å². The molecule has 2 fully saturated rings. The summed E-state index contributed by atoms with van der Waals surface area (Å²) < 4.78 is 1.92. The van der Waals surface area contributed by atoms with Crippen molar-refractivity contribution in [2.75, 3.05) is 11.5 Å². The average molecular weight is 182 g/mol. The molecule has 2 saturated heterocycles. The molecule has 0 aromatic rings. The molecule has 4 heteroatoms. The molecule has 2 atom stereocenters. The van der Waals surface area contributed by atoms with Gasteiger partial charge < -0.3 is 0 Å². The summed E-state index contributed by atoms with van der Waals surface area (Å²) >= 11 is 4.14. The van der Waals surface area contributed by atoms with Crippen molar-refractivity contribution in [3.8, 4) is 0 Å². The first-order valence-electron chi connectivity index (χ1n) is 2.50. The molecule has 2 unspecified atom stereocenters. The molecule has 0 spiro atoms. The second kappa shape index (κ2) is 2.56. The van der Waals surface area contributed by atoms with Gasteiger partial charge in [-0.3, -0.25) is 0 Å². The van der Waals surface area contributed by atoms with Crippen LogP contribution in [-0.4, -0.2) is 20.7 Å². The van der Waals surface area contributed by atoms with Crippen molar-refractivity contribution >= 4 is 45.1 Å². The molecule has 2 aliphatic rings. The van der Waals surface area contributed by atoms with E-state index in [1.165, 1.54) is 11.5 Å². The average Bonchev–Trinajstić information content (AvgIpc) is 2.60. The van der Waals surface area contributed by atoms with Crippen LogP contribution in [0, 0.1) is 0 Å². The highest BCUT2D eigenvalue weighted by molar-refractivity contribution is 8.81. The van der Waals surface area contributed by atoms with Gasteiger partial charge in [0.25, 0.3) is 0 Å². The summed E-state index contributed by atoms with van der Waals surface area (Å²) in [6, 6.07) is 0. The first-order valence-corrected chi connectivity index (χ1v) is 6.88. The van der Waals surface area contributed by atoms with Crippen LogP contribution in [0.4, 0.5) is 0 Å². The molecule has 0 aromatic carbocycles. The second-order valence-electron chi connectivity index (χ2n) is 1.72. The lowest BCUT2D eigenvalue weighted by atomic mass is 11.0. The van der Waals surface area contributed by atoms with Crippen molar-refractivity contribution in [3.05, 3.63) is 0 Å². The molecule has 2 rings (SSSR count). The zero-order valence-corrected chi connectivity index (χ0v) is 7.47. The van der Waals surface area contributed by atoms with Crippen molar-refractivity contribution in [1.29, 1.82) is 0 Å². The Morgan fingerprint density at radius 1 is 1.00 bits per heavy atom. The molecule has 8 heavy (non-hydrogen) atoms. The van der Waals surface area contributed by atoms with Gasteiger partial charge in [0, 0.05) is 11.5 Å². The molecule has 0 amide bonds. The van der Waals surface area contributed by atoms with E-state index in [1.807, 2.05) is 0 Å². The topological polar surface area (TPSA) is 0 Å². The smallest absolute Gasteiger partial charge is 0.0697 e. The largest absolute Gasteiger partial charge is 0.144 e. The third kappa shape index (κ3) is 1.97. The fourth-order valence-electron chi connectivity index (χ4n) is 0.314. The minimum atomic E-state index is 0.959. The Morgan fingerprint density at radius 3 is 1.62 bits per heavy atom. The lowest BCUT2D eigenvalue weighted by Gasteiger charge is -1.88. The summed E-state index contributed by atoms with van der Waals surface area (Å²) in [6.07, 6.45) is 0. The molecule has 0 bridgehead atoms. The van der Waals surface area contributed by atoms with Crippen molar-refractivity contribution in [2.24, 2.45) is 0 Å². The number of rotatable bonds is 3. The van der Waals surface area contributed by atoms with Crippen LogP contribution in [-0.2, 0) is 0 Å². The third-order valence-corrected chi connectivity index (χ3v) is 7.30. The predicted molar refractivity (Wildman–Crippen MR) is 47.7 cm³/mol. The van der Waals surface area contributed by atoms with Crippen LogP contribution < -0.4 is 0 Å². The normalized spacial score (nSPS) is 42.0. The van der Waals surface area contributed by atoms with Gasteiger partial charge in [0.2, 0.25) is 0 Å². The molecular weight excluding hydrogens is 176 g/mol. The first-order chi connectivity index (χ1) is 3.95. The maximum atomic E-state index is 2.07. The Morgan fingerprint density at radius 2 is 1.38 bits per heavy atom. The van der Waals surface area contributed by atoms with Crippen LogP contribution in [0.2, 0.25) is 0 Å². The Kier molecular flexibility index (Phi) is 1.96. The van der Waals surface area contributed by atoms with Crippen LogP contribution in [0.5, 0.6) is 0 Å². The minimum absolute atomic E-state index is 0.959. The molecule has 0 N–H and O–H groups in total. The van der Waals surface area contributed by atoms with Crippen molar-refractivity contribution in [1.82, 2.24) is 0 Å². The monoisotopic (exact) mass is 182 g/mol. The molecule has 2 heterocycles. The molecule has 0 aromatic heterocycles. The van der Waals surface area contributed by atoms with Gasteiger partial charge in [-0.05, 0) is 0 Å². The Labute approximate surface area is 65.7 Å². The molecular formula is C4H6S4. The van der Waals surface area contributed by atoms with E-state index in [-0.39, 0.29) is 0 Å². The van der Waals surface area contributed by atoms with E-state index in [4.69, 9.17) is 0 Å². The maximum absolute atomic E-state index is 2.07. The van der Waals surface area contributed by atoms with E-state index < -0.39 is 0 Å². The highest BCUT2D eigenvalue weighted by Gasteiger charge is 2.29. The SMILES string of the molecule is C1SC1SSC1CS1. The van der Waals surface area contributed by atoms with Gasteiger partial charge in [0.15, 0.2) is 0 Å². The Bertz CT molecular complexity index is 74.0. The molecule has 0 aliphatic carbocycles. The van der Waals surface area contributed by atoms with E-state index in [9.17, 15) is 0 Å². The Hall–Kier alpha value is 1.40. The molecule has 0 saturated carbocycles. The van der Waals surface area contributed by atoms with Gasteiger partial charge >= 0.3 is 0 Å². The number of thioether (sulfide) groups is 2. The summed E-state index contributed by atoms with van der Waals surface area (Å²) in [5.74, 6) is 2.80. The summed E-state index contributed by atoms with van der Waals surface area (Å²) in [5.41, 5.74) is 0. The van der Waals surface area contributed by atoms with Crippen LogP contribution in [0.15, 0.2) is 0 Å². The molecule has 0 nitrogen and oxygen atoms in total. The van der Waals surface area contributed by atoms with Gasteiger partial charge in [0.05, 0.1) is 9.16 Å². The van der Waals surface area contributed by atoms with E-state index in [1.54, 1.807) is 0 Å². The van der Waals surface area contributed by atoms with Gasteiger partial charge in [-0.2, -0.15) is 0 Å². The van der Waals surface area contributed by atoms with Crippen molar-refractivity contribution < 1.29 is 0 Å². The maximum Gasteiger partial charge on any atom is 0.0697 e. The summed E-state index contributed by atoms with van der Waals surface area (Å²) in [7, 11) is 4.14. The number of hydrogen-bond acceptors (Lipinski definition) is 4.